The van der Waals surface area contributed by atoms with Crippen molar-refractivity contribution in [3.05, 3.63) is 22.2 Å². The number of rotatable bonds is 2. The molecule has 112 valence electrons. The van der Waals surface area contributed by atoms with Crippen LogP contribution in [0.5, 0.6) is 5.75 Å². The first-order valence-corrected chi connectivity index (χ1v) is 7.34. The Balaban J connectivity index is 2.38. The van der Waals surface area contributed by atoms with E-state index in [-0.39, 0.29) is 33.3 Å². The number of carbonyl (C=O) groups excluding carboxylic acids is 2. The van der Waals surface area contributed by atoms with Gasteiger partial charge in [-0.05, 0) is 12.1 Å². The zero-order valence-corrected chi connectivity index (χ0v) is 13.0. The lowest BCUT2D eigenvalue weighted by molar-refractivity contribution is -0.304. The van der Waals surface area contributed by atoms with Crippen LogP contribution < -0.4 is 5.11 Å². The van der Waals surface area contributed by atoms with Crippen molar-refractivity contribution in [3.63, 3.8) is 0 Å². The van der Waals surface area contributed by atoms with E-state index in [2.05, 4.69) is 4.99 Å². The smallest absolute Gasteiger partial charge is 0.229 e. The first-order valence-electron chi connectivity index (χ1n) is 5.70. The van der Waals surface area contributed by atoms with Gasteiger partial charge >= 0.3 is 0 Å². The van der Waals surface area contributed by atoms with Crippen molar-refractivity contribution in [1.82, 2.24) is 4.90 Å². The number of aromatic hydroxyl groups is 1. The summed E-state index contributed by atoms with van der Waals surface area (Å²) < 4.78 is 0. The maximum absolute atomic E-state index is 11.7. The molecule has 1 saturated heterocycles. The third-order valence-corrected chi connectivity index (χ3v) is 4.55. The second-order valence-electron chi connectivity index (χ2n) is 4.23. The molecule has 1 aliphatic rings. The maximum Gasteiger partial charge on any atom is 0.229 e. The van der Waals surface area contributed by atoms with Crippen LogP contribution in [0.25, 0.3) is 0 Å². The van der Waals surface area contributed by atoms with E-state index in [0.29, 0.717) is 5.69 Å². The SMILES string of the molecule is CN1C(=O)C[C@H](C(=O)[O-])SC1=Nc1cc(Cl)c(O)c(Cl)c1. The van der Waals surface area contributed by atoms with Crippen LogP contribution in [-0.4, -0.2) is 39.3 Å². The largest absolute Gasteiger partial charge is 0.549 e. The number of aliphatic carboxylic acids is 1. The Kier molecular flexibility index (Phi) is 4.65. The van der Waals surface area contributed by atoms with E-state index in [4.69, 9.17) is 23.2 Å². The summed E-state index contributed by atoms with van der Waals surface area (Å²) in [4.78, 5) is 28.1. The van der Waals surface area contributed by atoms with E-state index < -0.39 is 11.2 Å². The number of halogens is 2. The molecule has 1 aliphatic heterocycles. The third kappa shape index (κ3) is 3.42. The number of carboxylic acid groups (broad SMARTS) is 1. The maximum atomic E-state index is 11.7. The van der Waals surface area contributed by atoms with Crippen molar-refractivity contribution >= 4 is 57.7 Å². The average molecular weight is 348 g/mol. The quantitative estimate of drug-likeness (QED) is 0.872. The van der Waals surface area contributed by atoms with Gasteiger partial charge in [0.2, 0.25) is 5.91 Å². The molecule has 0 aromatic heterocycles. The molecule has 1 aromatic carbocycles. The van der Waals surface area contributed by atoms with Gasteiger partial charge in [-0.2, -0.15) is 0 Å². The van der Waals surface area contributed by atoms with E-state index in [9.17, 15) is 19.8 Å². The van der Waals surface area contributed by atoms with Crippen LogP contribution in [0.3, 0.4) is 0 Å². The van der Waals surface area contributed by atoms with Gasteiger partial charge in [0.25, 0.3) is 0 Å². The second kappa shape index (κ2) is 6.13. The molecule has 9 heteroatoms. The van der Waals surface area contributed by atoms with Crippen LogP contribution in [0.2, 0.25) is 10.0 Å². The molecule has 1 aromatic rings. The number of carboxylic acids is 1. The summed E-state index contributed by atoms with van der Waals surface area (Å²) >= 11 is 12.5. The fraction of sp³-hybridized carbons (Fsp3) is 0.250. The fourth-order valence-electron chi connectivity index (χ4n) is 1.61. The number of phenols is 1. The van der Waals surface area contributed by atoms with Gasteiger partial charge in [0.05, 0.1) is 27.0 Å². The summed E-state index contributed by atoms with van der Waals surface area (Å²) in [5.41, 5.74) is 0.295. The molecule has 21 heavy (non-hydrogen) atoms. The highest BCUT2D eigenvalue weighted by Gasteiger charge is 2.30. The standard InChI is InChI=1S/C12H10Cl2N2O4S/c1-16-9(17)4-8(11(19)20)21-12(16)15-5-2-6(13)10(18)7(14)3-5/h2-3,8,18H,4H2,1H3,(H,19,20)/p-1/t8-/m1/s1. The van der Waals surface area contributed by atoms with E-state index in [1.807, 2.05) is 0 Å². The van der Waals surface area contributed by atoms with Crippen molar-refractivity contribution in [1.29, 1.82) is 0 Å². The second-order valence-corrected chi connectivity index (χ2v) is 6.22. The van der Waals surface area contributed by atoms with Gasteiger partial charge in [0.15, 0.2) is 10.9 Å². The Morgan fingerprint density at radius 1 is 1.48 bits per heavy atom. The van der Waals surface area contributed by atoms with Gasteiger partial charge in [0.1, 0.15) is 0 Å². The van der Waals surface area contributed by atoms with Crippen LogP contribution in [-0.2, 0) is 9.59 Å². The summed E-state index contributed by atoms with van der Waals surface area (Å²) in [6, 6.07) is 2.72. The molecular formula is C12H9Cl2N2O4S-. The highest BCUT2D eigenvalue weighted by atomic mass is 35.5. The monoisotopic (exact) mass is 347 g/mol. The van der Waals surface area contributed by atoms with E-state index >= 15 is 0 Å². The average Bonchev–Trinajstić information content (AvgIpc) is 2.40. The van der Waals surface area contributed by atoms with Gasteiger partial charge in [-0.15, -0.1) is 0 Å². The molecule has 1 atom stereocenters. The number of amidine groups is 1. The number of hydrogen-bond acceptors (Lipinski definition) is 6. The summed E-state index contributed by atoms with van der Waals surface area (Å²) in [6.07, 6.45) is -0.153. The number of benzene rings is 1. The van der Waals surface area contributed by atoms with E-state index in [0.717, 1.165) is 11.8 Å². The summed E-state index contributed by atoms with van der Waals surface area (Å²) in [7, 11) is 1.49. The lowest BCUT2D eigenvalue weighted by Crippen LogP contribution is -2.45. The Morgan fingerprint density at radius 2 is 2.05 bits per heavy atom. The molecule has 0 radical (unpaired) electrons. The van der Waals surface area contributed by atoms with Crippen LogP contribution in [0, 0.1) is 0 Å². The number of phenolic OH excluding ortho intramolecular Hbond substituents is 1. The van der Waals surface area contributed by atoms with Crippen LogP contribution in [0.15, 0.2) is 17.1 Å². The first kappa shape index (κ1) is 15.9. The van der Waals surface area contributed by atoms with Gasteiger partial charge in [0, 0.05) is 13.5 Å². The molecule has 1 amide bonds. The number of hydrogen-bond donors (Lipinski definition) is 1. The summed E-state index contributed by atoms with van der Waals surface area (Å²) in [5, 5.41) is 19.6. The number of nitrogens with zero attached hydrogens (tertiary/aromatic N) is 2. The van der Waals surface area contributed by atoms with Crippen molar-refractivity contribution in [2.75, 3.05) is 7.05 Å². The highest BCUT2D eigenvalue weighted by molar-refractivity contribution is 8.15. The van der Waals surface area contributed by atoms with E-state index in [1.165, 1.54) is 24.1 Å². The van der Waals surface area contributed by atoms with Crippen LogP contribution in [0.1, 0.15) is 6.42 Å². The lowest BCUT2D eigenvalue weighted by atomic mass is 10.2. The summed E-state index contributed by atoms with van der Waals surface area (Å²) in [6.45, 7) is 0. The summed E-state index contributed by atoms with van der Waals surface area (Å²) in [5.74, 6) is -1.97. The Labute approximate surface area is 134 Å². The van der Waals surface area contributed by atoms with Crippen molar-refractivity contribution in [2.45, 2.75) is 11.7 Å². The predicted molar refractivity (Wildman–Crippen MR) is 79.0 cm³/mol. The number of amides is 1. The molecule has 0 unspecified atom stereocenters. The Hall–Kier alpha value is -1.44. The molecular weight excluding hydrogens is 339 g/mol. The molecule has 0 bridgehead atoms. The topological polar surface area (TPSA) is 93.0 Å². The molecule has 2 rings (SSSR count). The van der Waals surface area contributed by atoms with Crippen molar-refractivity contribution in [2.24, 2.45) is 4.99 Å². The van der Waals surface area contributed by atoms with Gasteiger partial charge in [-0.3, -0.25) is 9.69 Å². The number of carbonyl (C=O) groups is 2. The normalized spacial score (nSPS) is 20.9. The fourth-order valence-corrected chi connectivity index (χ4v) is 3.08. The van der Waals surface area contributed by atoms with Crippen molar-refractivity contribution < 1.29 is 19.8 Å². The molecule has 0 saturated carbocycles. The van der Waals surface area contributed by atoms with Gasteiger partial charge < -0.3 is 15.0 Å². The zero-order valence-electron chi connectivity index (χ0n) is 10.7. The zero-order chi connectivity index (χ0) is 15.7. The number of aliphatic imine (C=N–C) groups is 1. The minimum absolute atomic E-state index is 0.00749. The molecule has 1 heterocycles. The molecule has 6 nitrogen and oxygen atoms in total. The van der Waals surface area contributed by atoms with Crippen LogP contribution in [0.4, 0.5) is 5.69 Å². The van der Waals surface area contributed by atoms with E-state index in [1.54, 1.807) is 0 Å². The minimum atomic E-state index is -1.32. The van der Waals surface area contributed by atoms with Crippen molar-refractivity contribution in [3.8, 4) is 5.75 Å². The molecule has 1 fully saturated rings. The molecule has 0 aliphatic carbocycles. The van der Waals surface area contributed by atoms with Gasteiger partial charge in [-0.25, -0.2) is 4.99 Å². The third-order valence-electron chi connectivity index (χ3n) is 2.76. The number of thioether (sulfide) groups is 1. The Morgan fingerprint density at radius 3 is 2.57 bits per heavy atom. The molecule has 1 N–H and O–H groups in total. The van der Waals surface area contributed by atoms with Gasteiger partial charge in [-0.1, -0.05) is 35.0 Å². The lowest BCUT2D eigenvalue weighted by Gasteiger charge is -2.29. The first-order chi connectivity index (χ1) is 9.79. The van der Waals surface area contributed by atoms with Crippen LogP contribution >= 0.6 is 35.0 Å². The Bertz CT molecular complexity index is 627. The minimum Gasteiger partial charge on any atom is -0.549 e. The molecule has 0 spiro atoms. The highest BCUT2D eigenvalue weighted by Crippen LogP contribution is 2.37. The predicted octanol–water partition coefficient (Wildman–Crippen LogP) is 1.40.